The maximum Gasteiger partial charge on any atom is 0.408 e. The van der Waals surface area contributed by atoms with Gasteiger partial charge in [0.25, 0.3) is 11.1 Å². The first-order chi connectivity index (χ1) is 28.8. The maximum absolute atomic E-state index is 13.2. The van der Waals surface area contributed by atoms with Gasteiger partial charge >= 0.3 is 6.09 Å². The first-order valence-corrected chi connectivity index (χ1v) is 20.5. The Morgan fingerprint density at radius 3 is 2.10 bits per heavy atom. The SMILES string of the molecule is C[C@@H]1[C@H](CSc2nc(-c3ccccc3)c(-c3ccccc3)o2)O[C@H](c2ccc(CN3C(=O)CC(NC(=O)OCc4ccccc4)C3=O)cc2)O[C@@H]1c1ccc(CO)cc1. The van der Waals surface area contributed by atoms with E-state index in [-0.39, 0.29) is 50.2 Å². The molecule has 12 heteroatoms. The lowest BCUT2D eigenvalue weighted by Gasteiger charge is -2.41. The van der Waals surface area contributed by atoms with Gasteiger partial charge in [0.05, 0.1) is 31.8 Å². The zero-order chi connectivity index (χ0) is 40.7. The topological polar surface area (TPSA) is 140 Å². The molecule has 1 aromatic heterocycles. The number of oxazole rings is 1. The minimum Gasteiger partial charge on any atom is -0.445 e. The lowest BCUT2D eigenvalue weighted by Crippen LogP contribution is -2.41. The highest BCUT2D eigenvalue weighted by atomic mass is 32.2. The summed E-state index contributed by atoms with van der Waals surface area (Å²) in [5, 5.41) is 12.8. The number of thioether (sulfide) groups is 1. The van der Waals surface area contributed by atoms with Crippen molar-refractivity contribution in [2.45, 2.75) is 62.9 Å². The third-order valence-corrected chi connectivity index (χ3v) is 11.4. The van der Waals surface area contributed by atoms with Crippen LogP contribution in [0.2, 0.25) is 0 Å². The van der Waals surface area contributed by atoms with Crippen LogP contribution in [0.4, 0.5) is 4.79 Å². The minimum atomic E-state index is -1.000. The number of alkyl carbamates (subject to hydrolysis) is 1. The van der Waals surface area contributed by atoms with Crippen LogP contribution >= 0.6 is 11.8 Å². The lowest BCUT2D eigenvalue weighted by atomic mass is 9.91. The van der Waals surface area contributed by atoms with Gasteiger partial charge in [-0.25, -0.2) is 9.78 Å². The van der Waals surface area contributed by atoms with Crippen molar-refractivity contribution in [3.05, 3.63) is 167 Å². The number of likely N-dealkylation sites (tertiary alicyclic amines) is 1. The van der Waals surface area contributed by atoms with E-state index >= 15 is 0 Å². The lowest BCUT2D eigenvalue weighted by molar-refractivity contribution is -0.268. The van der Waals surface area contributed by atoms with Gasteiger partial charge < -0.3 is 29.1 Å². The third kappa shape index (κ3) is 9.32. The van der Waals surface area contributed by atoms with E-state index in [0.717, 1.165) is 49.5 Å². The van der Waals surface area contributed by atoms with E-state index in [4.69, 9.17) is 23.6 Å². The Labute approximate surface area is 346 Å². The smallest absolute Gasteiger partial charge is 0.408 e. The van der Waals surface area contributed by atoms with Crippen LogP contribution in [0, 0.1) is 5.92 Å². The van der Waals surface area contributed by atoms with E-state index in [1.165, 1.54) is 11.8 Å². The van der Waals surface area contributed by atoms with E-state index in [1.807, 2.05) is 140 Å². The van der Waals surface area contributed by atoms with E-state index < -0.39 is 24.3 Å². The molecule has 5 aromatic carbocycles. The van der Waals surface area contributed by atoms with Gasteiger partial charge in [0.2, 0.25) is 5.91 Å². The molecule has 11 nitrogen and oxygen atoms in total. The molecule has 0 radical (unpaired) electrons. The summed E-state index contributed by atoms with van der Waals surface area (Å²) < 4.78 is 25.0. The molecule has 5 atom stereocenters. The molecule has 2 aliphatic rings. The van der Waals surface area contributed by atoms with Crippen molar-refractivity contribution in [2.24, 2.45) is 5.92 Å². The fraction of sp³-hybridized carbons (Fsp3) is 0.234. The number of carbonyl (C=O) groups excluding carboxylic acids is 3. The summed E-state index contributed by atoms with van der Waals surface area (Å²) in [6, 6.07) is 43.3. The zero-order valence-corrected chi connectivity index (χ0v) is 33.1. The summed E-state index contributed by atoms with van der Waals surface area (Å²) in [6.07, 6.45) is -2.25. The highest BCUT2D eigenvalue weighted by molar-refractivity contribution is 7.99. The standard InChI is InChI=1S/C47H43N3O8S/c1-30-39(29-59-47-49-41(34-13-7-3-8-14-34)43(58-47)35-15-9-4-10-16-35)56-45(57-42(30)36-21-19-32(27-51)20-22-36)37-23-17-31(18-24-37)26-50-40(52)25-38(44(50)53)48-46(54)55-28-33-11-5-2-6-12-33/h2-24,30,38-39,42,45,51H,25-29H2,1H3,(H,48,54)/t30-,38?,39+,42+,45+/m1/s1. The van der Waals surface area contributed by atoms with Crippen LogP contribution in [0.3, 0.4) is 0 Å². The molecule has 3 heterocycles. The Morgan fingerprint density at radius 2 is 1.42 bits per heavy atom. The van der Waals surface area contributed by atoms with E-state index in [2.05, 4.69) is 12.2 Å². The van der Waals surface area contributed by atoms with Crippen LogP contribution in [-0.4, -0.2) is 50.8 Å². The molecular weight excluding hydrogens is 767 g/mol. The average Bonchev–Trinajstić information content (AvgIpc) is 3.83. The number of hydrogen-bond acceptors (Lipinski definition) is 10. The number of imide groups is 1. The monoisotopic (exact) mass is 809 g/mol. The van der Waals surface area contributed by atoms with Crippen LogP contribution in [0.15, 0.2) is 149 Å². The molecule has 6 aromatic rings. The van der Waals surface area contributed by atoms with Gasteiger partial charge in [-0.05, 0) is 22.3 Å². The second kappa shape index (κ2) is 18.3. The van der Waals surface area contributed by atoms with Gasteiger partial charge in [0.1, 0.15) is 18.3 Å². The number of ether oxygens (including phenoxy) is 3. The molecule has 2 fully saturated rings. The second-order valence-corrected chi connectivity index (χ2v) is 15.5. The van der Waals surface area contributed by atoms with Gasteiger partial charge in [-0.15, -0.1) is 0 Å². The number of nitrogens with zero attached hydrogens (tertiary/aromatic N) is 2. The predicted molar refractivity (Wildman–Crippen MR) is 221 cm³/mol. The Bertz CT molecular complexity index is 2300. The van der Waals surface area contributed by atoms with Gasteiger partial charge in [-0.3, -0.25) is 14.5 Å². The molecule has 1 unspecified atom stereocenters. The number of hydrogen-bond donors (Lipinski definition) is 2. The summed E-state index contributed by atoms with van der Waals surface area (Å²) in [7, 11) is 0. The van der Waals surface area contributed by atoms with Crippen molar-refractivity contribution in [1.29, 1.82) is 0 Å². The first-order valence-electron chi connectivity index (χ1n) is 19.5. The summed E-state index contributed by atoms with van der Waals surface area (Å²) in [6.45, 7) is 2.14. The van der Waals surface area contributed by atoms with Gasteiger partial charge in [-0.2, -0.15) is 0 Å². The Balaban J connectivity index is 0.963. The third-order valence-electron chi connectivity index (χ3n) is 10.5. The van der Waals surface area contributed by atoms with Crippen LogP contribution in [0.1, 0.15) is 53.6 Å². The largest absolute Gasteiger partial charge is 0.445 e. The number of aromatic nitrogens is 1. The van der Waals surface area contributed by atoms with Crippen LogP contribution < -0.4 is 5.32 Å². The number of nitrogens with one attached hydrogen (secondary N) is 1. The summed E-state index contributed by atoms with van der Waals surface area (Å²) in [5.41, 5.74) is 6.73. The number of carbonyl (C=O) groups is 3. The molecule has 0 saturated carbocycles. The van der Waals surface area contributed by atoms with Gasteiger partial charge in [0.15, 0.2) is 12.1 Å². The maximum atomic E-state index is 13.2. The fourth-order valence-corrected chi connectivity index (χ4v) is 8.22. The van der Waals surface area contributed by atoms with E-state index in [0.29, 0.717) is 16.7 Å². The molecule has 59 heavy (non-hydrogen) atoms. The number of benzene rings is 5. The minimum absolute atomic E-state index is 0.0454. The molecule has 2 aliphatic heterocycles. The number of aliphatic hydroxyl groups is 1. The van der Waals surface area contributed by atoms with Crippen molar-refractivity contribution < 1.29 is 38.1 Å². The van der Waals surface area contributed by atoms with Crippen LogP contribution in [0.25, 0.3) is 22.6 Å². The highest BCUT2D eigenvalue weighted by Gasteiger charge is 2.41. The Kier molecular flexibility index (Phi) is 12.3. The van der Waals surface area contributed by atoms with Crippen molar-refractivity contribution in [3.63, 3.8) is 0 Å². The molecule has 3 amide bonds. The summed E-state index contributed by atoms with van der Waals surface area (Å²) in [4.78, 5) is 44.7. The molecule has 2 N–H and O–H groups in total. The van der Waals surface area contributed by atoms with Crippen LogP contribution in [0.5, 0.6) is 0 Å². The molecular formula is C47H43N3O8S. The molecule has 2 saturated heterocycles. The quantitative estimate of drug-likeness (QED) is 0.0861. The van der Waals surface area contributed by atoms with Gasteiger partial charge in [0, 0.05) is 28.4 Å². The Morgan fingerprint density at radius 1 is 0.797 bits per heavy atom. The van der Waals surface area contributed by atoms with E-state index in [9.17, 15) is 19.5 Å². The van der Waals surface area contributed by atoms with E-state index in [1.54, 1.807) is 0 Å². The second-order valence-electron chi connectivity index (χ2n) is 14.5. The molecule has 0 spiro atoms. The Hall–Kier alpha value is -6.05. The normalized spacial score (nSPS) is 20.4. The molecule has 300 valence electrons. The number of aliphatic hydroxyl groups excluding tert-OH is 1. The average molecular weight is 810 g/mol. The fourth-order valence-electron chi connectivity index (χ4n) is 7.23. The van der Waals surface area contributed by atoms with Gasteiger partial charge in [-0.1, -0.05) is 158 Å². The summed E-state index contributed by atoms with van der Waals surface area (Å²) in [5.74, 6) is 0.289. The first kappa shape index (κ1) is 39.8. The number of rotatable bonds is 13. The zero-order valence-electron chi connectivity index (χ0n) is 32.3. The highest BCUT2D eigenvalue weighted by Crippen LogP contribution is 2.44. The van der Waals surface area contributed by atoms with Crippen molar-refractivity contribution in [1.82, 2.24) is 15.2 Å². The van der Waals surface area contributed by atoms with Crippen molar-refractivity contribution in [2.75, 3.05) is 5.75 Å². The molecule has 0 aliphatic carbocycles. The van der Waals surface area contributed by atoms with Crippen molar-refractivity contribution in [3.8, 4) is 22.6 Å². The van der Waals surface area contributed by atoms with Crippen LogP contribution in [-0.2, 0) is 43.6 Å². The molecule has 0 bridgehead atoms. The number of amides is 3. The van der Waals surface area contributed by atoms with Crippen molar-refractivity contribution >= 4 is 29.7 Å². The summed E-state index contributed by atoms with van der Waals surface area (Å²) >= 11 is 1.49. The molecule has 8 rings (SSSR count). The predicted octanol–water partition coefficient (Wildman–Crippen LogP) is 8.64.